The minimum atomic E-state index is -1.06. The molecule has 8 heteroatoms. The number of carbonyl (C=O) groups is 1. The Bertz CT molecular complexity index is 973. The molecule has 7 nitrogen and oxygen atoms in total. The number of carbonyl (C=O) groups excluding carboxylic acids is 1. The average molecular weight is 384 g/mol. The molecule has 27 heavy (non-hydrogen) atoms. The molecule has 0 aliphatic carbocycles. The van der Waals surface area contributed by atoms with E-state index in [0.717, 1.165) is 24.6 Å². The number of para-hydroxylation sites is 1. The number of ketones is 1. The average Bonchev–Trinajstić information content (AvgIpc) is 3.16. The van der Waals surface area contributed by atoms with Crippen LogP contribution in [-0.4, -0.2) is 39.5 Å². The third kappa shape index (κ3) is 4.26. The lowest BCUT2D eigenvalue weighted by molar-refractivity contribution is -0.117. The topological polar surface area (TPSA) is 109 Å². The third-order valence-electron chi connectivity index (χ3n) is 4.46. The first-order valence-electron chi connectivity index (χ1n) is 8.72. The Labute approximate surface area is 160 Å². The highest BCUT2D eigenvalue weighted by atomic mass is 32.2. The zero-order valence-corrected chi connectivity index (χ0v) is 15.8. The predicted octanol–water partition coefficient (Wildman–Crippen LogP) is 2.42. The van der Waals surface area contributed by atoms with Crippen LogP contribution in [0, 0.1) is 22.7 Å². The molecule has 1 aliphatic rings. The highest BCUT2D eigenvalue weighted by Crippen LogP contribution is 2.22. The molecule has 1 aliphatic heterocycles. The van der Waals surface area contributed by atoms with Crippen molar-refractivity contribution < 1.29 is 9.53 Å². The molecule has 1 aromatic heterocycles. The Kier molecular flexibility index (Phi) is 6.04. The SMILES string of the molecule is CC(=N)C(C#N)C(=O)CSc1nc2ccccc2c(=O)n1C[C@@H]1CCCO1. The summed E-state index contributed by atoms with van der Waals surface area (Å²) in [7, 11) is 0. The molecule has 3 rings (SSSR count). The molecular formula is C19H20N4O3S. The maximum atomic E-state index is 13.0. The van der Waals surface area contributed by atoms with Gasteiger partial charge in [-0.1, -0.05) is 23.9 Å². The Hall–Kier alpha value is -2.50. The molecule has 0 bridgehead atoms. The summed E-state index contributed by atoms with van der Waals surface area (Å²) in [6.07, 6.45) is 1.80. The first-order chi connectivity index (χ1) is 13.0. The number of aromatic nitrogens is 2. The van der Waals surface area contributed by atoms with Crippen LogP contribution in [0.15, 0.2) is 34.2 Å². The maximum Gasteiger partial charge on any atom is 0.262 e. The minimum absolute atomic E-state index is 0.0197. The second-order valence-electron chi connectivity index (χ2n) is 6.46. The van der Waals surface area contributed by atoms with E-state index in [-0.39, 0.29) is 28.9 Å². The number of fused-ring (bicyclic) bond motifs is 1. The lowest BCUT2D eigenvalue weighted by Crippen LogP contribution is -2.29. The quantitative estimate of drug-likeness (QED) is 0.446. The van der Waals surface area contributed by atoms with E-state index in [4.69, 9.17) is 15.4 Å². The van der Waals surface area contributed by atoms with Crippen molar-refractivity contribution in [3.63, 3.8) is 0 Å². The summed E-state index contributed by atoms with van der Waals surface area (Å²) in [5.74, 6) is -1.44. The lowest BCUT2D eigenvalue weighted by Gasteiger charge is -2.16. The first-order valence-corrected chi connectivity index (χ1v) is 9.71. The van der Waals surface area contributed by atoms with Gasteiger partial charge in [0, 0.05) is 12.3 Å². The van der Waals surface area contributed by atoms with Crippen molar-refractivity contribution in [2.24, 2.45) is 5.92 Å². The monoisotopic (exact) mass is 384 g/mol. The zero-order chi connectivity index (χ0) is 19.4. The molecule has 1 fully saturated rings. The van der Waals surface area contributed by atoms with Crippen LogP contribution in [0.1, 0.15) is 19.8 Å². The second kappa shape index (κ2) is 8.46. The first kappa shape index (κ1) is 19.3. The summed E-state index contributed by atoms with van der Waals surface area (Å²) in [6, 6.07) is 8.96. The largest absolute Gasteiger partial charge is 0.376 e. The van der Waals surface area contributed by atoms with Gasteiger partial charge < -0.3 is 10.1 Å². The van der Waals surface area contributed by atoms with Gasteiger partial charge in [0.25, 0.3) is 5.56 Å². The number of nitriles is 1. The van der Waals surface area contributed by atoms with Crippen molar-refractivity contribution in [3.05, 3.63) is 34.6 Å². The Morgan fingerprint density at radius 2 is 2.30 bits per heavy atom. The van der Waals surface area contributed by atoms with Gasteiger partial charge in [0.2, 0.25) is 0 Å². The maximum absolute atomic E-state index is 13.0. The fourth-order valence-corrected chi connectivity index (χ4v) is 3.95. The van der Waals surface area contributed by atoms with Crippen molar-refractivity contribution in [1.82, 2.24) is 9.55 Å². The van der Waals surface area contributed by atoms with Crippen molar-refractivity contribution in [1.29, 1.82) is 10.7 Å². The number of rotatable bonds is 7. The number of Topliss-reactive ketones (excluding diaryl/α,β-unsaturated/α-hetero) is 1. The normalized spacial score (nSPS) is 17.6. The van der Waals surface area contributed by atoms with Gasteiger partial charge in [-0.15, -0.1) is 0 Å². The molecule has 2 heterocycles. The van der Waals surface area contributed by atoms with E-state index in [1.807, 2.05) is 12.1 Å². The van der Waals surface area contributed by atoms with Gasteiger partial charge >= 0.3 is 0 Å². The van der Waals surface area contributed by atoms with Crippen LogP contribution in [0.25, 0.3) is 10.9 Å². The highest BCUT2D eigenvalue weighted by molar-refractivity contribution is 7.99. The summed E-state index contributed by atoms with van der Waals surface area (Å²) in [5.41, 5.74) is 0.429. The third-order valence-corrected chi connectivity index (χ3v) is 5.46. The lowest BCUT2D eigenvalue weighted by atomic mass is 10.0. The summed E-state index contributed by atoms with van der Waals surface area (Å²) in [5, 5.41) is 17.6. The summed E-state index contributed by atoms with van der Waals surface area (Å²) < 4.78 is 7.22. The Morgan fingerprint density at radius 3 is 2.96 bits per heavy atom. The van der Waals surface area contributed by atoms with Crippen LogP contribution in [-0.2, 0) is 16.1 Å². The molecule has 0 spiro atoms. The van der Waals surface area contributed by atoms with Crippen LogP contribution >= 0.6 is 11.8 Å². The molecule has 0 saturated carbocycles. The number of benzene rings is 1. The highest BCUT2D eigenvalue weighted by Gasteiger charge is 2.23. The van der Waals surface area contributed by atoms with E-state index in [2.05, 4.69) is 4.98 Å². The zero-order valence-electron chi connectivity index (χ0n) is 15.0. The van der Waals surface area contributed by atoms with Gasteiger partial charge in [0.05, 0.1) is 35.4 Å². The molecule has 1 aromatic carbocycles. The summed E-state index contributed by atoms with van der Waals surface area (Å²) >= 11 is 1.13. The Balaban J connectivity index is 1.92. The molecule has 1 saturated heterocycles. The van der Waals surface area contributed by atoms with Gasteiger partial charge in [0.15, 0.2) is 10.9 Å². The number of thioether (sulfide) groups is 1. The molecule has 0 radical (unpaired) electrons. The number of nitrogens with one attached hydrogen (secondary N) is 1. The molecule has 1 N–H and O–H groups in total. The molecule has 140 valence electrons. The Morgan fingerprint density at radius 1 is 1.52 bits per heavy atom. The minimum Gasteiger partial charge on any atom is -0.376 e. The molecule has 2 aromatic rings. The predicted molar refractivity (Wildman–Crippen MR) is 103 cm³/mol. The van der Waals surface area contributed by atoms with Gasteiger partial charge in [0.1, 0.15) is 5.92 Å². The molecular weight excluding hydrogens is 364 g/mol. The van der Waals surface area contributed by atoms with Crippen LogP contribution in [0.4, 0.5) is 0 Å². The molecule has 1 unspecified atom stereocenters. The van der Waals surface area contributed by atoms with E-state index in [0.29, 0.717) is 29.2 Å². The van der Waals surface area contributed by atoms with Crippen LogP contribution < -0.4 is 5.56 Å². The van der Waals surface area contributed by atoms with E-state index in [1.165, 1.54) is 6.92 Å². The number of hydrogen-bond donors (Lipinski definition) is 1. The van der Waals surface area contributed by atoms with E-state index < -0.39 is 5.92 Å². The second-order valence-corrected chi connectivity index (χ2v) is 7.40. The number of hydrogen-bond acceptors (Lipinski definition) is 7. The van der Waals surface area contributed by atoms with Crippen LogP contribution in [0.3, 0.4) is 0 Å². The fourth-order valence-electron chi connectivity index (χ4n) is 3.04. The van der Waals surface area contributed by atoms with E-state index >= 15 is 0 Å². The standard InChI is InChI=1S/C19H20N4O3S/c1-12(21)15(9-20)17(24)11-27-19-22-16-7-3-2-6-14(16)18(25)23(19)10-13-5-4-8-26-13/h2-3,6-7,13,15,21H,4-5,8,10-11H2,1H3/t13-,15?/m0/s1. The van der Waals surface area contributed by atoms with Crippen molar-refractivity contribution in [3.8, 4) is 6.07 Å². The molecule has 2 atom stereocenters. The van der Waals surface area contributed by atoms with Gasteiger partial charge in [-0.3, -0.25) is 14.2 Å². The number of ether oxygens (including phenoxy) is 1. The van der Waals surface area contributed by atoms with Gasteiger partial charge in [-0.2, -0.15) is 5.26 Å². The fraction of sp³-hybridized carbons (Fsp3) is 0.421. The van der Waals surface area contributed by atoms with Crippen molar-refractivity contribution in [2.45, 2.75) is 37.6 Å². The van der Waals surface area contributed by atoms with Crippen molar-refractivity contribution >= 4 is 34.2 Å². The summed E-state index contributed by atoms with van der Waals surface area (Å²) in [6.45, 7) is 2.51. The molecule has 0 amide bonds. The van der Waals surface area contributed by atoms with Gasteiger partial charge in [-0.25, -0.2) is 4.98 Å². The van der Waals surface area contributed by atoms with Crippen LogP contribution in [0.5, 0.6) is 0 Å². The van der Waals surface area contributed by atoms with Gasteiger partial charge in [-0.05, 0) is 31.9 Å². The van der Waals surface area contributed by atoms with Crippen LogP contribution in [0.2, 0.25) is 0 Å². The summed E-state index contributed by atoms with van der Waals surface area (Å²) in [4.78, 5) is 29.8. The van der Waals surface area contributed by atoms with Crippen molar-refractivity contribution in [2.75, 3.05) is 12.4 Å². The van der Waals surface area contributed by atoms with E-state index in [1.54, 1.807) is 22.8 Å². The number of nitrogens with zero attached hydrogens (tertiary/aromatic N) is 3. The smallest absolute Gasteiger partial charge is 0.262 e. The van der Waals surface area contributed by atoms with E-state index in [9.17, 15) is 9.59 Å².